The second kappa shape index (κ2) is 13.8. The van der Waals surface area contributed by atoms with Gasteiger partial charge in [-0.15, -0.1) is 0 Å². The average molecular weight is 536 g/mol. The molecule has 0 aromatic heterocycles. The summed E-state index contributed by atoms with van der Waals surface area (Å²) < 4.78 is 4.70. The van der Waals surface area contributed by atoms with Gasteiger partial charge in [0.1, 0.15) is 6.04 Å². The predicted octanol–water partition coefficient (Wildman–Crippen LogP) is 3.73. The van der Waals surface area contributed by atoms with Crippen LogP contribution in [-0.2, 0) is 26.3 Å². The molecule has 2 aromatic rings. The van der Waals surface area contributed by atoms with Gasteiger partial charge < -0.3 is 21.1 Å². The molecule has 0 unspecified atom stereocenters. The SMILES string of the molecule is CC[C@H](CCCNC(=O)[C@H](Cc1ccccc1)NC(=O)OC)N1C(=O)[C@@](CC(C)C)(c2ccccc2)N=C1N. The molecule has 1 aliphatic rings. The molecular formula is C30H41N5O4. The van der Waals surface area contributed by atoms with Crippen molar-refractivity contribution < 1.29 is 19.1 Å². The summed E-state index contributed by atoms with van der Waals surface area (Å²) in [5.41, 5.74) is 7.14. The van der Waals surface area contributed by atoms with Crippen LogP contribution in [0, 0.1) is 5.92 Å². The van der Waals surface area contributed by atoms with E-state index in [1.54, 1.807) is 4.90 Å². The lowest BCUT2D eigenvalue weighted by Gasteiger charge is -2.32. The van der Waals surface area contributed by atoms with E-state index in [2.05, 4.69) is 24.5 Å². The number of nitrogens with one attached hydrogen (secondary N) is 2. The number of amides is 3. The van der Waals surface area contributed by atoms with Gasteiger partial charge in [0, 0.05) is 19.0 Å². The third-order valence-corrected chi connectivity index (χ3v) is 7.01. The number of carbonyl (C=O) groups is 3. The lowest BCUT2D eigenvalue weighted by Crippen LogP contribution is -2.49. The molecule has 39 heavy (non-hydrogen) atoms. The smallest absolute Gasteiger partial charge is 0.407 e. The molecule has 3 rings (SSSR count). The van der Waals surface area contributed by atoms with Gasteiger partial charge in [-0.05, 0) is 42.7 Å². The van der Waals surface area contributed by atoms with Gasteiger partial charge in [0.25, 0.3) is 5.91 Å². The monoisotopic (exact) mass is 535 g/mol. The van der Waals surface area contributed by atoms with Gasteiger partial charge in [-0.25, -0.2) is 9.79 Å². The highest BCUT2D eigenvalue weighted by Gasteiger charge is 2.50. The Morgan fingerprint density at radius 1 is 1.08 bits per heavy atom. The molecular weight excluding hydrogens is 494 g/mol. The fourth-order valence-electron chi connectivity index (χ4n) is 5.15. The van der Waals surface area contributed by atoms with E-state index in [1.807, 2.05) is 67.6 Å². The fraction of sp³-hybridized carbons (Fsp3) is 0.467. The van der Waals surface area contributed by atoms with Crippen LogP contribution in [0.3, 0.4) is 0 Å². The number of methoxy groups -OCH3 is 1. The Morgan fingerprint density at radius 3 is 2.31 bits per heavy atom. The average Bonchev–Trinajstić information content (AvgIpc) is 3.18. The van der Waals surface area contributed by atoms with Gasteiger partial charge in [-0.1, -0.05) is 81.4 Å². The van der Waals surface area contributed by atoms with E-state index in [4.69, 9.17) is 15.5 Å². The lowest BCUT2D eigenvalue weighted by molar-refractivity contribution is -0.134. The van der Waals surface area contributed by atoms with Crippen LogP contribution in [0.1, 0.15) is 57.6 Å². The number of alkyl carbamates (subject to hydrolysis) is 1. The Hall–Kier alpha value is -3.88. The Balaban J connectivity index is 1.64. The molecule has 0 aliphatic carbocycles. The first kappa shape index (κ1) is 29.7. The van der Waals surface area contributed by atoms with E-state index >= 15 is 0 Å². The molecule has 4 N–H and O–H groups in total. The van der Waals surface area contributed by atoms with Gasteiger partial charge in [-0.3, -0.25) is 14.5 Å². The van der Waals surface area contributed by atoms with Gasteiger partial charge >= 0.3 is 6.09 Å². The number of aliphatic imine (C=N–C) groups is 1. The molecule has 9 heteroatoms. The van der Waals surface area contributed by atoms with Crippen molar-refractivity contribution in [1.82, 2.24) is 15.5 Å². The summed E-state index contributed by atoms with van der Waals surface area (Å²) in [6.07, 6.45) is 2.20. The maximum Gasteiger partial charge on any atom is 0.407 e. The highest BCUT2D eigenvalue weighted by atomic mass is 16.5. The first-order valence-corrected chi connectivity index (χ1v) is 13.6. The third kappa shape index (κ3) is 7.37. The first-order valence-electron chi connectivity index (χ1n) is 13.6. The molecule has 0 saturated carbocycles. The van der Waals surface area contributed by atoms with Gasteiger partial charge in [0.15, 0.2) is 11.5 Å². The summed E-state index contributed by atoms with van der Waals surface area (Å²) in [5, 5.41) is 5.53. The number of hydrogen-bond donors (Lipinski definition) is 3. The number of benzene rings is 2. The minimum Gasteiger partial charge on any atom is -0.453 e. The molecule has 210 valence electrons. The van der Waals surface area contributed by atoms with Gasteiger partial charge in [-0.2, -0.15) is 0 Å². The molecule has 3 atom stereocenters. The zero-order valence-electron chi connectivity index (χ0n) is 23.4. The Kier molecular flexibility index (Phi) is 10.5. The summed E-state index contributed by atoms with van der Waals surface area (Å²) in [5.74, 6) is 0.0885. The van der Waals surface area contributed by atoms with E-state index in [0.29, 0.717) is 38.6 Å². The normalized spacial score (nSPS) is 18.4. The van der Waals surface area contributed by atoms with Crippen LogP contribution in [0.2, 0.25) is 0 Å². The number of ether oxygens (including phenoxy) is 1. The minimum atomic E-state index is -1.02. The lowest BCUT2D eigenvalue weighted by atomic mass is 9.82. The topological polar surface area (TPSA) is 126 Å². The van der Waals surface area contributed by atoms with Crippen molar-refractivity contribution in [3.63, 3.8) is 0 Å². The number of hydrogen-bond acceptors (Lipinski definition) is 6. The molecule has 9 nitrogen and oxygen atoms in total. The van der Waals surface area contributed by atoms with Crippen molar-refractivity contribution in [2.75, 3.05) is 13.7 Å². The summed E-state index contributed by atoms with van der Waals surface area (Å²) in [6.45, 7) is 6.56. The van der Waals surface area contributed by atoms with Gasteiger partial charge in [0.05, 0.1) is 7.11 Å². The van der Waals surface area contributed by atoms with Crippen molar-refractivity contribution in [3.05, 3.63) is 71.8 Å². The molecule has 0 spiro atoms. The van der Waals surface area contributed by atoms with E-state index in [9.17, 15) is 14.4 Å². The second-order valence-electron chi connectivity index (χ2n) is 10.3. The molecule has 3 amide bonds. The van der Waals surface area contributed by atoms with Crippen molar-refractivity contribution in [2.24, 2.45) is 16.6 Å². The fourth-order valence-corrected chi connectivity index (χ4v) is 5.15. The summed E-state index contributed by atoms with van der Waals surface area (Å²) in [7, 11) is 1.26. The molecule has 0 fully saturated rings. The Bertz CT molecular complexity index is 1140. The second-order valence-corrected chi connectivity index (χ2v) is 10.3. The standard InChI is InChI=1S/C30H41N5O4/c1-5-24(35-27(37)30(20-21(2)3,34-28(35)31)23-15-10-7-11-16-23)17-12-18-32-26(36)25(33-29(38)39-4)19-22-13-8-6-9-14-22/h6-11,13-16,21,24-25H,5,12,17-20H2,1-4H3,(H2,31,34)(H,32,36)(H,33,38)/t24-,25+,30-/m1/s1. The van der Waals surface area contributed by atoms with Crippen LogP contribution in [0.4, 0.5) is 4.79 Å². The van der Waals surface area contributed by atoms with E-state index < -0.39 is 17.7 Å². The maximum absolute atomic E-state index is 13.9. The first-order chi connectivity index (χ1) is 18.7. The van der Waals surface area contributed by atoms with Crippen LogP contribution in [0.25, 0.3) is 0 Å². The van der Waals surface area contributed by atoms with Crippen molar-refractivity contribution >= 4 is 23.9 Å². The zero-order valence-corrected chi connectivity index (χ0v) is 23.4. The highest BCUT2D eigenvalue weighted by Crippen LogP contribution is 2.40. The summed E-state index contributed by atoms with van der Waals surface area (Å²) >= 11 is 0. The van der Waals surface area contributed by atoms with Crippen LogP contribution in [0.15, 0.2) is 65.7 Å². The Labute approximate surface area is 231 Å². The number of carbonyl (C=O) groups excluding carboxylic acids is 3. The quantitative estimate of drug-likeness (QED) is 0.337. The van der Waals surface area contributed by atoms with Crippen LogP contribution in [0.5, 0.6) is 0 Å². The van der Waals surface area contributed by atoms with Crippen molar-refractivity contribution in [2.45, 2.75) is 70.5 Å². The summed E-state index contributed by atoms with van der Waals surface area (Å²) in [4.78, 5) is 45.1. The maximum atomic E-state index is 13.9. The van der Waals surface area contributed by atoms with E-state index in [1.165, 1.54) is 7.11 Å². The van der Waals surface area contributed by atoms with Crippen LogP contribution >= 0.6 is 0 Å². The number of nitrogens with two attached hydrogens (primary N) is 1. The van der Waals surface area contributed by atoms with E-state index in [-0.39, 0.29) is 29.7 Å². The largest absolute Gasteiger partial charge is 0.453 e. The van der Waals surface area contributed by atoms with Crippen molar-refractivity contribution in [3.8, 4) is 0 Å². The molecule has 2 aromatic carbocycles. The van der Waals surface area contributed by atoms with Crippen LogP contribution in [-0.4, -0.2) is 54.5 Å². The minimum absolute atomic E-state index is 0.0963. The highest BCUT2D eigenvalue weighted by molar-refractivity contribution is 6.07. The molecule has 0 radical (unpaired) electrons. The van der Waals surface area contributed by atoms with Crippen molar-refractivity contribution in [1.29, 1.82) is 0 Å². The molecule has 1 aliphatic heterocycles. The summed E-state index contributed by atoms with van der Waals surface area (Å²) in [6, 6.07) is 18.2. The van der Waals surface area contributed by atoms with Crippen LogP contribution < -0.4 is 16.4 Å². The number of guanidine groups is 1. The number of rotatable bonds is 13. The Morgan fingerprint density at radius 2 is 1.72 bits per heavy atom. The zero-order chi connectivity index (χ0) is 28.4. The predicted molar refractivity (Wildman–Crippen MR) is 152 cm³/mol. The third-order valence-electron chi connectivity index (χ3n) is 7.01. The van der Waals surface area contributed by atoms with E-state index in [0.717, 1.165) is 11.1 Å². The number of nitrogens with zero attached hydrogens (tertiary/aromatic N) is 2. The molecule has 1 heterocycles. The van der Waals surface area contributed by atoms with Gasteiger partial charge in [0.2, 0.25) is 5.91 Å². The molecule has 0 saturated heterocycles. The molecule has 0 bridgehead atoms.